The highest BCUT2D eigenvalue weighted by Crippen LogP contribution is 2.38. The van der Waals surface area contributed by atoms with Crippen LogP contribution in [0.1, 0.15) is 25.8 Å². The lowest BCUT2D eigenvalue weighted by atomic mass is 9.79. The van der Waals surface area contributed by atoms with Crippen LogP contribution in [0.25, 0.3) is 0 Å². The van der Waals surface area contributed by atoms with E-state index in [0.29, 0.717) is 19.5 Å². The number of aromatic nitrogens is 1. The molecule has 1 fully saturated rings. The predicted molar refractivity (Wildman–Crippen MR) is 67.8 cm³/mol. The third-order valence-electron chi connectivity index (χ3n) is 3.70. The summed E-state index contributed by atoms with van der Waals surface area (Å²) in [6.07, 6.45) is -2.32. The van der Waals surface area contributed by atoms with Gasteiger partial charge in [0, 0.05) is 25.3 Å². The van der Waals surface area contributed by atoms with E-state index >= 15 is 0 Å². The molecule has 0 spiro atoms. The fourth-order valence-electron chi connectivity index (χ4n) is 2.42. The number of piperidine rings is 1. The molecular weight excluding hydrogens is 255 g/mol. The summed E-state index contributed by atoms with van der Waals surface area (Å²) < 4.78 is 38.9. The van der Waals surface area contributed by atoms with Crippen molar-refractivity contribution < 1.29 is 13.2 Å². The maximum atomic E-state index is 13.0. The summed E-state index contributed by atoms with van der Waals surface area (Å²) in [5, 5.41) is 0. The number of anilines is 1. The lowest BCUT2D eigenvalue weighted by Gasteiger charge is -2.43. The second kappa shape index (κ2) is 4.67. The third-order valence-corrected chi connectivity index (χ3v) is 3.70. The van der Waals surface area contributed by atoms with Gasteiger partial charge in [0.15, 0.2) is 0 Å². The van der Waals surface area contributed by atoms with Crippen LogP contribution in [-0.2, 0) is 6.18 Å². The first-order valence-corrected chi connectivity index (χ1v) is 6.24. The summed E-state index contributed by atoms with van der Waals surface area (Å²) in [6, 6.07) is 2.39. The van der Waals surface area contributed by atoms with Crippen molar-refractivity contribution in [3.63, 3.8) is 0 Å². The second-order valence-electron chi connectivity index (χ2n) is 5.68. The van der Waals surface area contributed by atoms with Crippen LogP contribution in [0, 0.1) is 5.41 Å². The minimum atomic E-state index is -4.38. The fourth-order valence-corrected chi connectivity index (χ4v) is 2.42. The highest BCUT2D eigenvalue weighted by Gasteiger charge is 2.39. The SMILES string of the molecule is CC1(C)CN(c2ncccc2C(F)(F)F)CCC1N. The topological polar surface area (TPSA) is 42.2 Å². The highest BCUT2D eigenvalue weighted by atomic mass is 19.4. The Hall–Kier alpha value is -1.30. The first kappa shape index (κ1) is 14.1. The molecular formula is C13H18F3N3. The van der Waals surface area contributed by atoms with Gasteiger partial charge in [0.1, 0.15) is 5.82 Å². The van der Waals surface area contributed by atoms with Crippen molar-refractivity contribution in [2.24, 2.45) is 11.1 Å². The molecule has 2 heterocycles. The fraction of sp³-hybridized carbons (Fsp3) is 0.615. The van der Waals surface area contributed by atoms with E-state index in [2.05, 4.69) is 4.98 Å². The monoisotopic (exact) mass is 273 g/mol. The van der Waals surface area contributed by atoms with Crippen molar-refractivity contribution >= 4 is 5.82 Å². The van der Waals surface area contributed by atoms with Gasteiger partial charge in [-0.25, -0.2) is 4.98 Å². The minimum absolute atomic E-state index is 0.00167. The number of hydrogen-bond donors (Lipinski definition) is 1. The zero-order chi connectivity index (χ0) is 14.3. The summed E-state index contributed by atoms with van der Waals surface area (Å²) in [4.78, 5) is 5.61. The van der Waals surface area contributed by atoms with Gasteiger partial charge in [0.05, 0.1) is 5.56 Å². The number of rotatable bonds is 1. The molecule has 0 bridgehead atoms. The van der Waals surface area contributed by atoms with E-state index in [-0.39, 0.29) is 17.3 Å². The molecule has 0 aromatic carbocycles. The van der Waals surface area contributed by atoms with Gasteiger partial charge in [0.2, 0.25) is 0 Å². The summed E-state index contributed by atoms with van der Waals surface area (Å²) in [6.45, 7) is 4.93. The lowest BCUT2D eigenvalue weighted by molar-refractivity contribution is -0.137. The molecule has 2 N–H and O–H groups in total. The average Bonchev–Trinajstić information content (AvgIpc) is 2.31. The first-order chi connectivity index (χ1) is 8.72. The average molecular weight is 273 g/mol. The van der Waals surface area contributed by atoms with Crippen molar-refractivity contribution in [2.75, 3.05) is 18.0 Å². The molecule has 1 atom stereocenters. The van der Waals surface area contributed by atoms with Gasteiger partial charge >= 0.3 is 6.18 Å². The van der Waals surface area contributed by atoms with Gasteiger partial charge in [0.25, 0.3) is 0 Å². The van der Waals surface area contributed by atoms with Crippen molar-refractivity contribution in [3.8, 4) is 0 Å². The molecule has 6 heteroatoms. The van der Waals surface area contributed by atoms with Gasteiger partial charge < -0.3 is 10.6 Å². The molecule has 19 heavy (non-hydrogen) atoms. The van der Waals surface area contributed by atoms with E-state index in [1.54, 1.807) is 4.90 Å². The molecule has 2 rings (SSSR count). The van der Waals surface area contributed by atoms with Crippen LogP contribution in [0.3, 0.4) is 0 Å². The normalized spacial score (nSPS) is 23.5. The van der Waals surface area contributed by atoms with Crippen molar-refractivity contribution in [2.45, 2.75) is 32.5 Å². The lowest BCUT2D eigenvalue weighted by Crippen LogP contribution is -2.53. The van der Waals surface area contributed by atoms with Gasteiger partial charge in [-0.05, 0) is 24.0 Å². The quantitative estimate of drug-likeness (QED) is 0.855. The van der Waals surface area contributed by atoms with Gasteiger partial charge in [-0.2, -0.15) is 13.2 Å². The molecule has 0 aliphatic carbocycles. The van der Waals surface area contributed by atoms with Gasteiger partial charge in [-0.3, -0.25) is 0 Å². The minimum Gasteiger partial charge on any atom is -0.355 e. The molecule has 1 unspecified atom stereocenters. The molecule has 1 aromatic rings. The standard InChI is InChI=1S/C13H18F3N3/c1-12(2)8-19(7-5-10(12)17)11-9(13(14,15)16)4-3-6-18-11/h3-4,6,10H,5,7-8,17H2,1-2H3. The number of alkyl halides is 3. The molecule has 1 aromatic heterocycles. The second-order valence-corrected chi connectivity index (χ2v) is 5.68. The van der Waals surface area contributed by atoms with Crippen molar-refractivity contribution in [3.05, 3.63) is 23.9 Å². The Morgan fingerprint density at radius 2 is 2.11 bits per heavy atom. The zero-order valence-electron chi connectivity index (χ0n) is 11.0. The smallest absolute Gasteiger partial charge is 0.355 e. The molecule has 0 radical (unpaired) electrons. The van der Waals surface area contributed by atoms with Crippen LogP contribution in [-0.4, -0.2) is 24.1 Å². The Balaban J connectivity index is 2.33. The summed E-state index contributed by atoms with van der Waals surface area (Å²) in [5.41, 5.74) is 5.10. The Morgan fingerprint density at radius 3 is 2.68 bits per heavy atom. The molecule has 0 amide bonds. The van der Waals surface area contributed by atoms with Gasteiger partial charge in [-0.15, -0.1) is 0 Å². The third kappa shape index (κ3) is 2.83. The van der Waals surface area contributed by atoms with E-state index in [9.17, 15) is 13.2 Å². The van der Waals surface area contributed by atoms with E-state index in [1.807, 2.05) is 13.8 Å². The van der Waals surface area contributed by atoms with Crippen LogP contribution >= 0.6 is 0 Å². The molecule has 1 aliphatic rings. The molecule has 1 aliphatic heterocycles. The highest BCUT2D eigenvalue weighted by molar-refractivity contribution is 5.49. The van der Waals surface area contributed by atoms with E-state index in [1.165, 1.54) is 12.3 Å². The zero-order valence-corrected chi connectivity index (χ0v) is 11.0. The first-order valence-electron chi connectivity index (χ1n) is 6.24. The summed E-state index contributed by atoms with van der Waals surface area (Å²) in [5.74, 6) is 0.00924. The Morgan fingerprint density at radius 1 is 1.42 bits per heavy atom. The molecule has 106 valence electrons. The number of nitrogens with two attached hydrogens (primary N) is 1. The van der Waals surface area contributed by atoms with E-state index in [4.69, 9.17) is 5.73 Å². The Kier molecular flexibility index (Phi) is 3.47. The maximum absolute atomic E-state index is 13.0. The van der Waals surface area contributed by atoms with E-state index in [0.717, 1.165) is 6.07 Å². The molecule has 3 nitrogen and oxygen atoms in total. The summed E-state index contributed by atoms with van der Waals surface area (Å²) >= 11 is 0. The summed E-state index contributed by atoms with van der Waals surface area (Å²) in [7, 11) is 0. The van der Waals surface area contributed by atoms with Gasteiger partial charge in [-0.1, -0.05) is 13.8 Å². The number of nitrogens with zero attached hydrogens (tertiary/aromatic N) is 2. The number of hydrogen-bond acceptors (Lipinski definition) is 3. The predicted octanol–water partition coefficient (Wildman–Crippen LogP) is 2.66. The van der Waals surface area contributed by atoms with Crippen LogP contribution < -0.4 is 10.6 Å². The molecule has 1 saturated heterocycles. The molecule has 0 saturated carbocycles. The van der Waals surface area contributed by atoms with Crippen molar-refractivity contribution in [1.29, 1.82) is 0 Å². The van der Waals surface area contributed by atoms with E-state index < -0.39 is 11.7 Å². The van der Waals surface area contributed by atoms with Crippen LogP contribution in [0.4, 0.5) is 19.0 Å². The number of pyridine rings is 1. The van der Waals surface area contributed by atoms with Crippen LogP contribution in [0.15, 0.2) is 18.3 Å². The largest absolute Gasteiger partial charge is 0.419 e. The van der Waals surface area contributed by atoms with Crippen molar-refractivity contribution in [1.82, 2.24) is 4.98 Å². The Bertz CT molecular complexity index is 457. The Labute approximate surface area is 110 Å². The maximum Gasteiger partial charge on any atom is 0.419 e. The van der Waals surface area contributed by atoms with Crippen LogP contribution in [0.5, 0.6) is 0 Å². The van der Waals surface area contributed by atoms with Crippen LogP contribution in [0.2, 0.25) is 0 Å². The number of halogens is 3.